The first-order valence-corrected chi connectivity index (χ1v) is 5.22. The molecule has 4 N–H and O–H groups in total. The third-order valence-corrected chi connectivity index (χ3v) is 2.74. The summed E-state index contributed by atoms with van der Waals surface area (Å²) >= 11 is 0. The maximum absolute atomic E-state index is 9.93. The minimum atomic E-state index is -0.651. The second-order valence-electron chi connectivity index (χ2n) is 3.96. The van der Waals surface area contributed by atoms with Crippen LogP contribution in [0, 0.1) is 0 Å². The van der Waals surface area contributed by atoms with Gasteiger partial charge in [0.25, 0.3) is 0 Å². The fourth-order valence-electron chi connectivity index (χ4n) is 1.78. The van der Waals surface area contributed by atoms with Crippen LogP contribution in [0.1, 0.15) is 18.6 Å². The highest BCUT2D eigenvalue weighted by atomic mass is 16.5. The number of hydrogen-bond donors (Lipinski definition) is 3. The van der Waals surface area contributed by atoms with Gasteiger partial charge in [-0.1, -0.05) is 0 Å². The van der Waals surface area contributed by atoms with Crippen LogP contribution in [0.5, 0.6) is 5.75 Å². The Morgan fingerprint density at radius 3 is 2.81 bits per heavy atom. The highest BCUT2D eigenvalue weighted by Crippen LogP contribution is 2.28. The molecule has 0 saturated carbocycles. The van der Waals surface area contributed by atoms with E-state index >= 15 is 0 Å². The van der Waals surface area contributed by atoms with E-state index in [0.717, 1.165) is 22.2 Å². The fraction of sp³-hybridized carbons (Fsp3) is 0.333. The van der Waals surface area contributed by atoms with Gasteiger partial charge in [0.1, 0.15) is 5.75 Å². The van der Waals surface area contributed by atoms with E-state index in [1.165, 1.54) is 0 Å². The Morgan fingerprint density at radius 2 is 2.19 bits per heavy atom. The number of hydrogen-bond acceptors (Lipinski definition) is 3. The Hall–Kier alpha value is -1.52. The van der Waals surface area contributed by atoms with Gasteiger partial charge in [-0.15, -0.1) is 0 Å². The molecule has 4 nitrogen and oxygen atoms in total. The quantitative estimate of drug-likeness (QED) is 0.735. The van der Waals surface area contributed by atoms with Gasteiger partial charge in [-0.3, -0.25) is 0 Å². The third kappa shape index (κ3) is 1.77. The summed E-state index contributed by atoms with van der Waals surface area (Å²) in [5.74, 6) is 0.788. The van der Waals surface area contributed by atoms with Gasteiger partial charge in [0.05, 0.1) is 13.2 Å². The van der Waals surface area contributed by atoms with Crippen LogP contribution in [0.2, 0.25) is 0 Å². The highest BCUT2D eigenvalue weighted by molar-refractivity contribution is 5.84. The monoisotopic (exact) mass is 220 g/mol. The van der Waals surface area contributed by atoms with Gasteiger partial charge in [-0.2, -0.15) is 0 Å². The lowest BCUT2D eigenvalue weighted by molar-refractivity contribution is 0.155. The lowest BCUT2D eigenvalue weighted by Gasteiger charge is -2.13. The SMILES string of the molecule is COc1ccc2c(C(O)C(C)N)c[nH]c2c1. The van der Waals surface area contributed by atoms with Crippen molar-refractivity contribution in [2.24, 2.45) is 5.73 Å². The standard InChI is InChI=1S/C12H16N2O2/c1-7(13)12(15)10-6-14-11-5-8(16-2)3-4-9(10)11/h3-7,12,14-15H,13H2,1-2H3. The lowest BCUT2D eigenvalue weighted by atomic mass is 10.0. The van der Waals surface area contributed by atoms with Crippen LogP contribution in [0.4, 0.5) is 0 Å². The predicted molar refractivity (Wildman–Crippen MR) is 63.5 cm³/mol. The molecule has 0 saturated heterocycles. The number of fused-ring (bicyclic) bond motifs is 1. The molecule has 0 bridgehead atoms. The van der Waals surface area contributed by atoms with Gasteiger partial charge in [0, 0.05) is 34.8 Å². The molecule has 0 aliphatic heterocycles. The van der Waals surface area contributed by atoms with Gasteiger partial charge < -0.3 is 20.6 Å². The zero-order valence-corrected chi connectivity index (χ0v) is 9.40. The number of benzene rings is 1. The van der Waals surface area contributed by atoms with Crippen molar-refractivity contribution < 1.29 is 9.84 Å². The van der Waals surface area contributed by atoms with Gasteiger partial charge in [-0.05, 0) is 19.1 Å². The summed E-state index contributed by atoms with van der Waals surface area (Å²) in [4.78, 5) is 3.10. The van der Waals surface area contributed by atoms with E-state index in [2.05, 4.69) is 4.98 Å². The second-order valence-corrected chi connectivity index (χ2v) is 3.96. The molecular weight excluding hydrogens is 204 g/mol. The van der Waals surface area contributed by atoms with Crippen molar-refractivity contribution in [3.05, 3.63) is 30.0 Å². The van der Waals surface area contributed by atoms with Crippen LogP contribution in [-0.2, 0) is 0 Å². The second kappa shape index (κ2) is 4.15. The molecule has 2 rings (SSSR count). The molecule has 16 heavy (non-hydrogen) atoms. The number of aromatic nitrogens is 1. The fourth-order valence-corrected chi connectivity index (χ4v) is 1.78. The molecule has 1 aromatic heterocycles. The van der Waals surface area contributed by atoms with Crippen LogP contribution in [0.15, 0.2) is 24.4 Å². The molecule has 2 unspecified atom stereocenters. The van der Waals surface area contributed by atoms with E-state index in [9.17, 15) is 5.11 Å². The van der Waals surface area contributed by atoms with Crippen molar-refractivity contribution in [3.8, 4) is 5.75 Å². The first-order chi connectivity index (χ1) is 7.63. The summed E-state index contributed by atoms with van der Waals surface area (Å²) in [6, 6.07) is 5.40. The molecule has 0 aliphatic carbocycles. The van der Waals surface area contributed by atoms with Gasteiger partial charge in [0.15, 0.2) is 0 Å². The van der Waals surface area contributed by atoms with Crippen molar-refractivity contribution in [2.75, 3.05) is 7.11 Å². The van der Waals surface area contributed by atoms with E-state index in [1.807, 2.05) is 18.2 Å². The summed E-state index contributed by atoms with van der Waals surface area (Å²) in [6.45, 7) is 1.78. The highest BCUT2D eigenvalue weighted by Gasteiger charge is 2.16. The number of rotatable bonds is 3. The molecule has 2 atom stereocenters. The number of aliphatic hydroxyl groups is 1. The minimum absolute atomic E-state index is 0.291. The number of ether oxygens (including phenoxy) is 1. The van der Waals surface area contributed by atoms with Crippen molar-refractivity contribution in [1.29, 1.82) is 0 Å². The normalized spacial score (nSPS) is 15.0. The Balaban J connectivity index is 2.49. The molecule has 4 heteroatoms. The van der Waals surface area contributed by atoms with E-state index in [1.54, 1.807) is 20.2 Å². The van der Waals surface area contributed by atoms with E-state index in [0.29, 0.717) is 0 Å². The average molecular weight is 220 g/mol. The molecule has 86 valence electrons. The Labute approximate surface area is 94.0 Å². The Bertz CT molecular complexity index is 491. The predicted octanol–water partition coefficient (Wildman–Crippen LogP) is 1.56. The number of nitrogens with two attached hydrogens (primary N) is 1. The van der Waals surface area contributed by atoms with E-state index in [4.69, 9.17) is 10.5 Å². The van der Waals surface area contributed by atoms with Crippen molar-refractivity contribution in [2.45, 2.75) is 19.1 Å². The number of aliphatic hydroxyl groups excluding tert-OH is 1. The largest absolute Gasteiger partial charge is 0.497 e. The summed E-state index contributed by atoms with van der Waals surface area (Å²) in [5.41, 5.74) is 7.45. The molecule has 0 amide bonds. The lowest BCUT2D eigenvalue weighted by Crippen LogP contribution is -2.24. The van der Waals surface area contributed by atoms with Gasteiger partial charge >= 0.3 is 0 Å². The van der Waals surface area contributed by atoms with Gasteiger partial charge in [0.2, 0.25) is 0 Å². The molecule has 0 radical (unpaired) electrons. The topological polar surface area (TPSA) is 71.3 Å². The third-order valence-electron chi connectivity index (χ3n) is 2.74. The number of aromatic amines is 1. The maximum atomic E-state index is 9.93. The summed E-state index contributed by atoms with van der Waals surface area (Å²) in [7, 11) is 1.63. The van der Waals surface area contributed by atoms with Crippen molar-refractivity contribution in [3.63, 3.8) is 0 Å². The maximum Gasteiger partial charge on any atom is 0.120 e. The first kappa shape index (κ1) is 11.0. The van der Waals surface area contributed by atoms with Crippen LogP contribution >= 0.6 is 0 Å². The zero-order chi connectivity index (χ0) is 11.7. The smallest absolute Gasteiger partial charge is 0.120 e. The summed E-state index contributed by atoms with van der Waals surface area (Å²) in [5, 5.41) is 10.9. The van der Waals surface area contributed by atoms with Crippen molar-refractivity contribution in [1.82, 2.24) is 4.98 Å². The Morgan fingerprint density at radius 1 is 1.44 bits per heavy atom. The van der Waals surface area contributed by atoms with Crippen LogP contribution in [0.3, 0.4) is 0 Å². The number of nitrogens with one attached hydrogen (secondary N) is 1. The molecule has 0 fully saturated rings. The molecular formula is C12H16N2O2. The molecule has 0 spiro atoms. The summed E-state index contributed by atoms with van der Waals surface area (Å²) in [6.07, 6.45) is 1.14. The van der Waals surface area contributed by atoms with Crippen LogP contribution in [-0.4, -0.2) is 23.2 Å². The minimum Gasteiger partial charge on any atom is -0.497 e. The van der Waals surface area contributed by atoms with E-state index in [-0.39, 0.29) is 6.04 Å². The Kier molecular flexibility index (Phi) is 2.85. The molecule has 1 heterocycles. The summed E-state index contributed by atoms with van der Waals surface area (Å²) < 4.78 is 5.13. The molecule has 0 aliphatic rings. The molecule has 2 aromatic rings. The zero-order valence-electron chi connectivity index (χ0n) is 9.40. The van der Waals surface area contributed by atoms with Crippen LogP contribution in [0.25, 0.3) is 10.9 Å². The average Bonchev–Trinajstić information content (AvgIpc) is 2.70. The number of H-pyrrole nitrogens is 1. The first-order valence-electron chi connectivity index (χ1n) is 5.22. The van der Waals surface area contributed by atoms with Crippen LogP contribution < -0.4 is 10.5 Å². The molecule has 1 aromatic carbocycles. The van der Waals surface area contributed by atoms with Crippen molar-refractivity contribution >= 4 is 10.9 Å². The van der Waals surface area contributed by atoms with E-state index < -0.39 is 6.10 Å². The number of methoxy groups -OCH3 is 1. The van der Waals surface area contributed by atoms with Gasteiger partial charge in [-0.25, -0.2) is 0 Å².